The van der Waals surface area contributed by atoms with Crippen molar-refractivity contribution in [3.05, 3.63) is 0 Å². The maximum atomic E-state index is 11.7. The van der Waals surface area contributed by atoms with Gasteiger partial charge in [-0.25, -0.2) is 0 Å². The molecule has 1 heterocycles. The van der Waals surface area contributed by atoms with Crippen LogP contribution in [0.4, 0.5) is 0 Å². The first-order valence-corrected chi connectivity index (χ1v) is 5.14. The van der Waals surface area contributed by atoms with Gasteiger partial charge in [-0.15, -0.1) is 0 Å². The van der Waals surface area contributed by atoms with Gasteiger partial charge in [-0.3, -0.25) is 4.79 Å². The molecule has 0 aromatic heterocycles. The molecule has 2 N–H and O–H groups in total. The van der Waals surface area contributed by atoms with E-state index in [0.29, 0.717) is 6.54 Å². The molecule has 3 heteroatoms. The third kappa shape index (κ3) is 2.69. The third-order valence-corrected chi connectivity index (χ3v) is 2.87. The number of piperidine rings is 1. The molecule has 0 bridgehead atoms. The van der Waals surface area contributed by atoms with E-state index < -0.39 is 0 Å². The standard InChI is InChI=1S/C10H20N2O/c1-8-3-5-12(6-4-8)10(13)9(2)7-11/h8-9H,3-7,11H2,1-2H3. The van der Waals surface area contributed by atoms with Crippen LogP contribution in [0.15, 0.2) is 0 Å². The molecule has 0 radical (unpaired) electrons. The summed E-state index contributed by atoms with van der Waals surface area (Å²) in [5, 5.41) is 0. The second kappa shape index (κ2) is 4.61. The van der Waals surface area contributed by atoms with Crippen LogP contribution in [-0.4, -0.2) is 30.4 Å². The van der Waals surface area contributed by atoms with Gasteiger partial charge in [0, 0.05) is 25.6 Å². The van der Waals surface area contributed by atoms with Crippen LogP contribution in [0.2, 0.25) is 0 Å². The molecule has 0 spiro atoms. The van der Waals surface area contributed by atoms with Crippen molar-refractivity contribution in [1.29, 1.82) is 0 Å². The van der Waals surface area contributed by atoms with Crippen LogP contribution in [0.1, 0.15) is 26.7 Å². The van der Waals surface area contributed by atoms with Gasteiger partial charge < -0.3 is 10.6 Å². The third-order valence-electron chi connectivity index (χ3n) is 2.87. The minimum atomic E-state index is -0.00611. The molecule has 1 aliphatic rings. The number of likely N-dealkylation sites (tertiary alicyclic amines) is 1. The molecule has 1 aliphatic heterocycles. The predicted octanol–water partition coefficient (Wildman–Crippen LogP) is 0.840. The first-order chi connectivity index (χ1) is 6.15. The van der Waals surface area contributed by atoms with E-state index in [-0.39, 0.29) is 11.8 Å². The Kier molecular flexibility index (Phi) is 3.72. The smallest absolute Gasteiger partial charge is 0.226 e. The Hall–Kier alpha value is -0.570. The van der Waals surface area contributed by atoms with Crippen molar-refractivity contribution < 1.29 is 4.79 Å². The molecule has 1 amide bonds. The molecule has 0 aromatic carbocycles. The van der Waals surface area contributed by atoms with Crippen molar-refractivity contribution in [2.45, 2.75) is 26.7 Å². The molecule has 1 unspecified atom stereocenters. The Morgan fingerprint density at radius 2 is 2.08 bits per heavy atom. The van der Waals surface area contributed by atoms with Gasteiger partial charge in [-0.2, -0.15) is 0 Å². The zero-order valence-corrected chi connectivity index (χ0v) is 8.62. The van der Waals surface area contributed by atoms with E-state index in [1.54, 1.807) is 0 Å². The van der Waals surface area contributed by atoms with Crippen LogP contribution in [0, 0.1) is 11.8 Å². The highest BCUT2D eigenvalue weighted by Gasteiger charge is 2.23. The molecule has 1 saturated heterocycles. The fourth-order valence-corrected chi connectivity index (χ4v) is 1.64. The van der Waals surface area contributed by atoms with Crippen molar-refractivity contribution in [2.24, 2.45) is 17.6 Å². The van der Waals surface area contributed by atoms with Gasteiger partial charge in [-0.1, -0.05) is 13.8 Å². The molecule has 0 aliphatic carbocycles. The zero-order valence-electron chi connectivity index (χ0n) is 8.62. The molecular formula is C10H20N2O. The Balaban J connectivity index is 2.40. The lowest BCUT2D eigenvalue weighted by molar-refractivity contribution is -0.136. The minimum Gasteiger partial charge on any atom is -0.342 e. The molecule has 0 saturated carbocycles. The number of hydrogen-bond donors (Lipinski definition) is 1. The highest BCUT2D eigenvalue weighted by molar-refractivity contribution is 5.78. The van der Waals surface area contributed by atoms with Gasteiger partial charge in [-0.05, 0) is 18.8 Å². The number of nitrogens with zero attached hydrogens (tertiary/aromatic N) is 1. The Morgan fingerprint density at radius 3 is 2.54 bits per heavy atom. The molecule has 76 valence electrons. The van der Waals surface area contributed by atoms with Crippen LogP contribution in [0.5, 0.6) is 0 Å². The first-order valence-electron chi connectivity index (χ1n) is 5.14. The average molecular weight is 184 g/mol. The second-order valence-corrected chi connectivity index (χ2v) is 4.14. The number of rotatable bonds is 2. The summed E-state index contributed by atoms with van der Waals surface area (Å²) in [5.41, 5.74) is 5.46. The molecule has 3 nitrogen and oxygen atoms in total. The van der Waals surface area contributed by atoms with Crippen LogP contribution in [0.3, 0.4) is 0 Å². The van der Waals surface area contributed by atoms with Crippen LogP contribution >= 0.6 is 0 Å². The van der Waals surface area contributed by atoms with Crippen molar-refractivity contribution >= 4 is 5.91 Å². The van der Waals surface area contributed by atoms with Crippen molar-refractivity contribution in [3.8, 4) is 0 Å². The van der Waals surface area contributed by atoms with Crippen molar-refractivity contribution in [2.75, 3.05) is 19.6 Å². The maximum absolute atomic E-state index is 11.7. The van der Waals surface area contributed by atoms with E-state index in [1.165, 1.54) is 0 Å². The van der Waals surface area contributed by atoms with Gasteiger partial charge in [0.25, 0.3) is 0 Å². The summed E-state index contributed by atoms with van der Waals surface area (Å²) >= 11 is 0. The second-order valence-electron chi connectivity index (χ2n) is 4.14. The van der Waals surface area contributed by atoms with Crippen LogP contribution in [0.25, 0.3) is 0 Å². The maximum Gasteiger partial charge on any atom is 0.226 e. The Morgan fingerprint density at radius 1 is 1.54 bits per heavy atom. The zero-order chi connectivity index (χ0) is 9.84. The minimum absolute atomic E-state index is 0.00611. The van der Waals surface area contributed by atoms with Gasteiger partial charge in [0.05, 0.1) is 0 Å². The predicted molar refractivity (Wildman–Crippen MR) is 53.2 cm³/mol. The number of amides is 1. The lowest BCUT2D eigenvalue weighted by Gasteiger charge is -2.31. The highest BCUT2D eigenvalue weighted by atomic mass is 16.2. The Bertz CT molecular complexity index is 174. The monoisotopic (exact) mass is 184 g/mol. The molecular weight excluding hydrogens is 164 g/mol. The summed E-state index contributed by atoms with van der Waals surface area (Å²) in [5.74, 6) is 1.00. The van der Waals surface area contributed by atoms with E-state index in [2.05, 4.69) is 6.92 Å². The normalized spacial score (nSPS) is 21.6. The molecule has 1 fully saturated rings. The summed E-state index contributed by atoms with van der Waals surface area (Å²) in [6, 6.07) is 0. The lowest BCUT2D eigenvalue weighted by atomic mass is 9.98. The van der Waals surface area contributed by atoms with Gasteiger partial charge >= 0.3 is 0 Å². The summed E-state index contributed by atoms with van der Waals surface area (Å²) in [6.07, 6.45) is 2.28. The number of nitrogens with two attached hydrogens (primary N) is 1. The van der Waals surface area contributed by atoms with E-state index in [0.717, 1.165) is 31.8 Å². The van der Waals surface area contributed by atoms with E-state index in [9.17, 15) is 4.79 Å². The summed E-state index contributed by atoms with van der Waals surface area (Å²) in [7, 11) is 0. The van der Waals surface area contributed by atoms with E-state index in [1.807, 2.05) is 11.8 Å². The SMILES string of the molecule is CC1CCN(C(=O)C(C)CN)CC1. The number of carbonyl (C=O) groups excluding carboxylic acids is 1. The van der Waals surface area contributed by atoms with Crippen molar-refractivity contribution in [3.63, 3.8) is 0 Å². The quantitative estimate of drug-likeness (QED) is 0.691. The number of carbonyl (C=O) groups is 1. The Labute approximate surface area is 80.3 Å². The van der Waals surface area contributed by atoms with Crippen LogP contribution < -0.4 is 5.73 Å². The van der Waals surface area contributed by atoms with E-state index >= 15 is 0 Å². The first kappa shape index (κ1) is 10.5. The summed E-state index contributed by atoms with van der Waals surface area (Å²) in [6.45, 7) is 6.45. The highest BCUT2D eigenvalue weighted by Crippen LogP contribution is 2.17. The summed E-state index contributed by atoms with van der Waals surface area (Å²) < 4.78 is 0. The van der Waals surface area contributed by atoms with Crippen LogP contribution in [-0.2, 0) is 4.79 Å². The topological polar surface area (TPSA) is 46.3 Å². The van der Waals surface area contributed by atoms with Gasteiger partial charge in [0.2, 0.25) is 5.91 Å². The molecule has 1 atom stereocenters. The average Bonchev–Trinajstić information content (AvgIpc) is 2.17. The summed E-state index contributed by atoms with van der Waals surface area (Å²) in [4.78, 5) is 13.6. The van der Waals surface area contributed by atoms with E-state index in [4.69, 9.17) is 5.73 Å². The molecule has 13 heavy (non-hydrogen) atoms. The fraction of sp³-hybridized carbons (Fsp3) is 0.900. The van der Waals surface area contributed by atoms with Crippen molar-refractivity contribution in [1.82, 2.24) is 4.90 Å². The van der Waals surface area contributed by atoms with Gasteiger partial charge in [0.1, 0.15) is 0 Å². The molecule has 1 rings (SSSR count). The number of hydrogen-bond acceptors (Lipinski definition) is 2. The fourth-order valence-electron chi connectivity index (χ4n) is 1.64. The molecule has 0 aromatic rings. The largest absolute Gasteiger partial charge is 0.342 e. The lowest BCUT2D eigenvalue weighted by Crippen LogP contribution is -2.42. The van der Waals surface area contributed by atoms with Gasteiger partial charge in [0.15, 0.2) is 0 Å².